The van der Waals surface area contributed by atoms with Gasteiger partial charge in [0.25, 0.3) is 0 Å². The molecule has 0 saturated heterocycles. The molecule has 30 heavy (non-hydrogen) atoms. The number of likely N-dealkylation sites (N-methyl/N-ethyl adjacent to an activating group) is 1. The van der Waals surface area contributed by atoms with Gasteiger partial charge in [-0.3, -0.25) is 9.59 Å². The van der Waals surface area contributed by atoms with Gasteiger partial charge in [0.1, 0.15) is 6.04 Å². The van der Waals surface area contributed by atoms with E-state index in [0.717, 1.165) is 27.6 Å². The number of anilines is 1. The molecule has 4 nitrogen and oxygen atoms in total. The number of hydrogen-bond acceptors (Lipinski definition) is 2. The normalized spacial score (nSPS) is 15.9. The van der Waals surface area contributed by atoms with Crippen molar-refractivity contribution in [3.05, 3.63) is 77.9 Å². The Morgan fingerprint density at radius 2 is 1.63 bits per heavy atom. The standard InChI is InChI=1S/C26H28N2O2/c1-18(2)14-25(29)28-17-22-11-7-6-10-21(22)16-24(28)26(30)27(3)23-13-12-19-8-4-5-9-20(19)15-23/h4-13,15,18,24H,14,16-17H2,1-3H3. The first-order chi connectivity index (χ1) is 14.4. The number of fused-ring (bicyclic) bond motifs is 2. The number of rotatable bonds is 4. The van der Waals surface area contributed by atoms with E-state index in [1.807, 2.05) is 62.4 Å². The lowest BCUT2D eigenvalue weighted by atomic mass is 9.92. The highest BCUT2D eigenvalue weighted by Gasteiger charge is 2.36. The predicted octanol–water partition coefficient (Wildman–Crippen LogP) is 4.80. The van der Waals surface area contributed by atoms with Crippen LogP contribution in [0.2, 0.25) is 0 Å². The lowest BCUT2D eigenvalue weighted by Gasteiger charge is -2.38. The minimum atomic E-state index is -0.484. The van der Waals surface area contributed by atoms with Gasteiger partial charge in [0.15, 0.2) is 0 Å². The Kier molecular flexibility index (Phi) is 5.58. The van der Waals surface area contributed by atoms with Crippen LogP contribution in [0.1, 0.15) is 31.4 Å². The van der Waals surface area contributed by atoms with E-state index >= 15 is 0 Å². The fourth-order valence-corrected chi connectivity index (χ4v) is 4.21. The van der Waals surface area contributed by atoms with Gasteiger partial charge in [-0.05, 0) is 39.9 Å². The Morgan fingerprint density at radius 3 is 2.37 bits per heavy atom. The number of carbonyl (C=O) groups excluding carboxylic acids is 2. The zero-order valence-electron chi connectivity index (χ0n) is 17.8. The van der Waals surface area contributed by atoms with Crippen molar-refractivity contribution in [2.45, 2.75) is 39.3 Å². The molecule has 1 heterocycles. The molecule has 1 unspecified atom stereocenters. The molecule has 3 aromatic carbocycles. The van der Waals surface area contributed by atoms with Crippen molar-refractivity contribution in [3.8, 4) is 0 Å². The van der Waals surface area contributed by atoms with E-state index in [1.54, 1.807) is 16.8 Å². The molecule has 0 saturated carbocycles. The molecular weight excluding hydrogens is 372 g/mol. The third kappa shape index (κ3) is 3.95. The molecule has 4 rings (SSSR count). The zero-order valence-corrected chi connectivity index (χ0v) is 17.8. The van der Waals surface area contributed by atoms with Crippen LogP contribution >= 0.6 is 0 Å². The van der Waals surface area contributed by atoms with Crippen molar-refractivity contribution in [2.75, 3.05) is 11.9 Å². The van der Waals surface area contributed by atoms with Gasteiger partial charge in [-0.1, -0.05) is 68.4 Å². The average molecular weight is 401 g/mol. The molecule has 2 amide bonds. The Labute approximate surface area is 178 Å². The van der Waals surface area contributed by atoms with Gasteiger partial charge < -0.3 is 9.80 Å². The highest BCUT2D eigenvalue weighted by atomic mass is 16.2. The molecule has 0 spiro atoms. The van der Waals surface area contributed by atoms with Gasteiger partial charge in [-0.2, -0.15) is 0 Å². The Hall–Kier alpha value is -3.14. The van der Waals surface area contributed by atoms with E-state index in [9.17, 15) is 9.59 Å². The van der Waals surface area contributed by atoms with E-state index in [0.29, 0.717) is 19.4 Å². The van der Waals surface area contributed by atoms with Crippen LogP contribution < -0.4 is 4.90 Å². The topological polar surface area (TPSA) is 40.6 Å². The zero-order chi connectivity index (χ0) is 21.3. The molecule has 1 aliphatic heterocycles. The van der Waals surface area contributed by atoms with E-state index in [-0.39, 0.29) is 17.7 Å². The minimum absolute atomic E-state index is 0.0445. The maximum Gasteiger partial charge on any atom is 0.249 e. The second kappa shape index (κ2) is 8.31. The highest BCUT2D eigenvalue weighted by Crippen LogP contribution is 2.28. The molecule has 0 fully saturated rings. The van der Waals surface area contributed by atoms with E-state index in [4.69, 9.17) is 0 Å². The predicted molar refractivity (Wildman–Crippen MR) is 121 cm³/mol. The summed E-state index contributed by atoms with van der Waals surface area (Å²) in [6.45, 7) is 4.56. The summed E-state index contributed by atoms with van der Waals surface area (Å²) in [5, 5.41) is 2.24. The number of nitrogens with zero attached hydrogens (tertiary/aromatic N) is 2. The summed E-state index contributed by atoms with van der Waals surface area (Å²) in [4.78, 5) is 30.1. The summed E-state index contributed by atoms with van der Waals surface area (Å²) in [7, 11) is 1.80. The summed E-state index contributed by atoms with van der Waals surface area (Å²) in [6, 6.07) is 21.8. The summed E-state index contributed by atoms with van der Waals surface area (Å²) < 4.78 is 0. The summed E-state index contributed by atoms with van der Waals surface area (Å²) >= 11 is 0. The van der Waals surface area contributed by atoms with Crippen molar-refractivity contribution in [3.63, 3.8) is 0 Å². The van der Waals surface area contributed by atoms with Gasteiger partial charge >= 0.3 is 0 Å². The molecular formula is C26H28N2O2. The summed E-state index contributed by atoms with van der Waals surface area (Å²) in [5.41, 5.74) is 3.12. The Balaban J connectivity index is 1.65. The Morgan fingerprint density at radius 1 is 0.967 bits per heavy atom. The molecule has 0 bridgehead atoms. The first-order valence-corrected chi connectivity index (χ1v) is 10.6. The van der Waals surface area contributed by atoms with Crippen molar-refractivity contribution in [1.82, 2.24) is 4.90 Å². The SMILES string of the molecule is CC(C)CC(=O)N1Cc2ccccc2CC1C(=O)N(C)c1ccc2ccccc2c1. The van der Waals surface area contributed by atoms with Gasteiger partial charge in [-0.15, -0.1) is 0 Å². The number of amides is 2. The maximum atomic E-state index is 13.6. The van der Waals surface area contributed by atoms with E-state index in [1.165, 1.54) is 0 Å². The van der Waals surface area contributed by atoms with Crippen LogP contribution in [-0.4, -0.2) is 29.8 Å². The molecule has 154 valence electrons. The number of carbonyl (C=O) groups is 2. The lowest BCUT2D eigenvalue weighted by Crippen LogP contribution is -2.53. The largest absolute Gasteiger partial charge is 0.326 e. The molecule has 0 aliphatic carbocycles. The van der Waals surface area contributed by atoms with Crippen molar-refractivity contribution in [1.29, 1.82) is 0 Å². The molecule has 0 aromatic heterocycles. The minimum Gasteiger partial charge on any atom is -0.326 e. The van der Waals surface area contributed by atoms with Crippen LogP contribution in [0.15, 0.2) is 66.7 Å². The first-order valence-electron chi connectivity index (χ1n) is 10.6. The second-order valence-corrected chi connectivity index (χ2v) is 8.54. The number of hydrogen-bond donors (Lipinski definition) is 0. The molecule has 1 aliphatic rings. The quantitative estimate of drug-likeness (QED) is 0.631. The van der Waals surface area contributed by atoms with Gasteiger partial charge in [0.05, 0.1) is 0 Å². The maximum absolute atomic E-state index is 13.6. The summed E-state index contributed by atoms with van der Waals surface area (Å²) in [5.74, 6) is 0.255. The van der Waals surface area contributed by atoms with E-state index < -0.39 is 6.04 Å². The Bertz CT molecular complexity index is 1090. The van der Waals surface area contributed by atoms with Crippen LogP contribution in [0.3, 0.4) is 0 Å². The van der Waals surface area contributed by atoms with Gasteiger partial charge in [0.2, 0.25) is 11.8 Å². The summed E-state index contributed by atoms with van der Waals surface area (Å²) in [6.07, 6.45) is 1.00. The van der Waals surface area contributed by atoms with Crippen molar-refractivity contribution in [2.24, 2.45) is 5.92 Å². The van der Waals surface area contributed by atoms with Crippen molar-refractivity contribution >= 4 is 28.3 Å². The van der Waals surface area contributed by atoms with Crippen LogP contribution in [0.25, 0.3) is 10.8 Å². The lowest BCUT2D eigenvalue weighted by molar-refractivity contribution is -0.141. The fraction of sp³-hybridized carbons (Fsp3) is 0.308. The van der Waals surface area contributed by atoms with Gasteiger partial charge in [0, 0.05) is 32.1 Å². The molecule has 0 radical (unpaired) electrons. The van der Waals surface area contributed by atoms with Crippen LogP contribution in [0, 0.1) is 5.92 Å². The monoisotopic (exact) mass is 400 g/mol. The molecule has 3 aromatic rings. The van der Waals surface area contributed by atoms with Crippen LogP contribution in [-0.2, 0) is 22.6 Å². The van der Waals surface area contributed by atoms with E-state index in [2.05, 4.69) is 18.2 Å². The number of benzene rings is 3. The first kappa shape index (κ1) is 20.1. The fourth-order valence-electron chi connectivity index (χ4n) is 4.21. The smallest absolute Gasteiger partial charge is 0.249 e. The van der Waals surface area contributed by atoms with Crippen LogP contribution in [0.4, 0.5) is 5.69 Å². The molecule has 0 N–H and O–H groups in total. The second-order valence-electron chi connectivity index (χ2n) is 8.54. The third-order valence-electron chi connectivity index (χ3n) is 5.89. The average Bonchev–Trinajstić information content (AvgIpc) is 2.76. The molecule has 1 atom stereocenters. The highest BCUT2D eigenvalue weighted by molar-refractivity contribution is 6.01. The van der Waals surface area contributed by atoms with Crippen LogP contribution in [0.5, 0.6) is 0 Å². The molecule has 4 heteroatoms. The van der Waals surface area contributed by atoms with Gasteiger partial charge in [-0.25, -0.2) is 0 Å². The third-order valence-corrected chi connectivity index (χ3v) is 5.89. The van der Waals surface area contributed by atoms with Crippen molar-refractivity contribution < 1.29 is 9.59 Å².